The lowest BCUT2D eigenvalue weighted by Gasteiger charge is -2.17. The minimum Gasteiger partial charge on any atom is -0.351 e. The van der Waals surface area contributed by atoms with Crippen LogP contribution in [0.3, 0.4) is 0 Å². The van der Waals surface area contributed by atoms with Gasteiger partial charge in [-0.2, -0.15) is 0 Å². The molecule has 2 aromatic rings. The summed E-state index contributed by atoms with van der Waals surface area (Å²) in [5.74, 6) is -0.439. The van der Waals surface area contributed by atoms with Crippen LogP contribution in [0.2, 0.25) is 0 Å². The fourth-order valence-electron chi connectivity index (χ4n) is 3.58. The van der Waals surface area contributed by atoms with Crippen molar-refractivity contribution in [3.8, 4) is 0 Å². The summed E-state index contributed by atoms with van der Waals surface area (Å²) >= 11 is 0. The number of hydrogen-bond acceptors (Lipinski definition) is 8. The first-order valence-corrected chi connectivity index (χ1v) is 8.87. The summed E-state index contributed by atoms with van der Waals surface area (Å²) in [6, 6.07) is 8.19. The number of benzene rings is 1. The predicted octanol–water partition coefficient (Wildman–Crippen LogP) is 2.75. The van der Waals surface area contributed by atoms with Crippen molar-refractivity contribution in [1.82, 2.24) is 9.97 Å². The van der Waals surface area contributed by atoms with Crippen LogP contribution in [-0.4, -0.2) is 44.8 Å². The van der Waals surface area contributed by atoms with Gasteiger partial charge in [0, 0.05) is 18.5 Å². The molecule has 0 saturated carbocycles. The van der Waals surface area contributed by atoms with Gasteiger partial charge in [-0.15, -0.1) is 12.4 Å². The average molecular weight is 415 g/mol. The third-order valence-corrected chi connectivity index (χ3v) is 4.99. The Morgan fingerprint density at radius 2 is 1.76 bits per heavy atom. The Bertz CT molecular complexity index is 1020. The second-order valence-electron chi connectivity index (χ2n) is 7.01. The molecule has 2 aliphatic rings. The first-order chi connectivity index (χ1) is 13.4. The zero-order chi connectivity index (χ0) is 19.9. The SMILES string of the molecule is Cc1nc(NC2Cc3ccccc3C2)nc(C(=O)C2(C)N=CC=N2)c1[N+](=O)[O-].Cl. The van der Waals surface area contributed by atoms with E-state index in [1.165, 1.54) is 37.4 Å². The second-order valence-corrected chi connectivity index (χ2v) is 7.01. The van der Waals surface area contributed by atoms with Crippen LogP contribution in [0.1, 0.15) is 34.2 Å². The molecule has 150 valence electrons. The van der Waals surface area contributed by atoms with Crippen LogP contribution in [0.25, 0.3) is 0 Å². The van der Waals surface area contributed by atoms with E-state index >= 15 is 0 Å². The third-order valence-electron chi connectivity index (χ3n) is 4.99. The molecule has 0 bridgehead atoms. The molecular formula is C19H19ClN6O3. The highest BCUT2D eigenvalue weighted by Gasteiger charge is 2.40. The highest BCUT2D eigenvalue weighted by Crippen LogP contribution is 2.30. The van der Waals surface area contributed by atoms with Gasteiger partial charge in [-0.05, 0) is 37.8 Å². The van der Waals surface area contributed by atoms with Crippen LogP contribution in [0.5, 0.6) is 0 Å². The number of ketones is 1. The Morgan fingerprint density at radius 1 is 1.17 bits per heavy atom. The lowest BCUT2D eigenvalue weighted by atomic mass is 10.0. The topological polar surface area (TPSA) is 123 Å². The third kappa shape index (κ3) is 3.73. The van der Waals surface area contributed by atoms with Gasteiger partial charge in [0.2, 0.25) is 17.4 Å². The monoisotopic (exact) mass is 414 g/mol. The summed E-state index contributed by atoms with van der Waals surface area (Å²) < 4.78 is 0. The van der Waals surface area contributed by atoms with Gasteiger partial charge in [-0.1, -0.05) is 24.3 Å². The van der Waals surface area contributed by atoms with Crippen molar-refractivity contribution in [2.75, 3.05) is 5.32 Å². The van der Waals surface area contributed by atoms with E-state index < -0.39 is 22.1 Å². The number of carbonyl (C=O) groups excluding carboxylic acids is 1. The molecule has 1 aromatic heterocycles. The lowest BCUT2D eigenvalue weighted by molar-refractivity contribution is -0.386. The number of carbonyl (C=O) groups is 1. The number of Topliss-reactive ketones (excluding diaryl/α,β-unsaturated/α-hetero) is 1. The fourth-order valence-corrected chi connectivity index (χ4v) is 3.58. The highest BCUT2D eigenvalue weighted by atomic mass is 35.5. The number of aliphatic imine (C=N–C) groups is 2. The summed E-state index contributed by atoms with van der Waals surface area (Å²) in [4.78, 5) is 40.4. The molecule has 4 rings (SSSR count). The van der Waals surface area contributed by atoms with Crippen molar-refractivity contribution in [3.63, 3.8) is 0 Å². The first-order valence-electron chi connectivity index (χ1n) is 8.87. The lowest BCUT2D eigenvalue weighted by Crippen LogP contribution is -2.32. The quantitative estimate of drug-likeness (QED) is 0.456. The second kappa shape index (κ2) is 7.67. The number of aryl methyl sites for hydroxylation is 1. The molecule has 0 spiro atoms. The minimum absolute atomic E-state index is 0. The molecular weight excluding hydrogens is 396 g/mol. The van der Waals surface area contributed by atoms with Gasteiger partial charge in [-0.3, -0.25) is 24.9 Å². The fraction of sp³-hybridized carbons (Fsp3) is 0.316. The Balaban J connectivity index is 0.00000240. The number of anilines is 1. The molecule has 0 atom stereocenters. The number of rotatable bonds is 5. The minimum atomic E-state index is -1.44. The van der Waals surface area contributed by atoms with E-state index in [1.54, 1.807) is 0 Å². The maximum atomic E-state index is 13.0. The number of nitrogens with one attached hydrogen (secondary N) is 1. The number of hydrogen-bond donors (Lipinski definition) is 1. The molecule has 1 aromatic carbocycles. The van der Waals surface area contributed by atoms with E-state index in [2.05, 4.69) is 37.4 Å². The largest absolute Gasteiger partial charge is 0.351 e. The smallest absolute Gasteiger partial charge is 0.319 e. The van der Waals surface area contributed by atoms with Gasteiger partial charge < -0.3 is 5.32 Å². The molecule has 0 amide bonds. The maximum Gasteiger partial charge on any atom is 0.319 e. The number of fused-ring (bicyclic) bond motifs is 1. The van der Waals surface area contributed by atoms with Gasteiger partial charge in [0.05, 0.1) is 4.92 Å². The zero-order valence-corrected chi connectivity index (χ0v) is 16.6. The predicted molar refractivity (Wildman–Crippen MR) is 112 cm³/mol. The van der Waals surface area contributed by atoms with E-state index in [0.717, 1.165) is 12.8 Å². The summed E-state index contributed by atoms with van der Waals surface area (Å²) in [6.07, 6.45) is 4.38. The van der Waals surface area contributed by atoms with E-state index in [0.29, 0.717) is 0 Å². The Kier molecular flexibility index (Phi) is 5.43. The van der Waals surface area contributed by atoms with Crippen molar-refractivity contribution in [2.45, 2.75) is 38.4 Å². The first kappa shape index (κ1) is 20.5. The number of nitrogens with zero attached hydrogens (tertiary/aromatic N) is 5. The summed E-state index contributed by atoms with van der Waals surface area (Å²) in [6.45, 7) is 2.99. The van der Waals surface area contributed by atoms with Gasteiger partial charge in [-0.25, -0.2) is 9.97 Å². The molecule has 2 heterocycles. The molecule has 9 nitrogen and oxygen atoms in total. The van der Waals surface area contributed by atoms with Crippen molar-refractivity contribution in [1.29, 1.82) is 0 Å². The van der Waals surface area contributed by atoms with E-state index in [9.17, 15) is 14.9 Å². The Labute approximate surface area is 173 Å². The number of aromatic nitrogens is 2. The molecule has 0 unspecified atom stereocenters. The van der Waals surface area contributed by atoms with Gasteiger partial charge >= 0.3 is 5.69 Å². The molecule has 29 heavy (non-hydrogen) atoms. The van der Waals surface area contributed by atoms with Crippen LogP contribution in [0, 0.1) is 17.0 Å². The van der Waals surface area contributed by atoms with E-state index in [1.807, 2.05) is 12.1 Å². The van der Waals surface area contributed by atoms with E-state index in [4.69, 9.17) is 0 Å². The van der Waals surface area contributed by atoms with Crippen LogP contribution in [0.15, 0.2) is 34.3 Å². The standard InChI is InChI=1S/C19H18N6O3.ClH/c1-11-16(25(27)28)15(17(26)19(2)20-7-8-21-19)24-18(22-11)23-14-9-12-5-3-4-6-13(12)10-14;/h3-8,14H,9-10H2,1-2H3,(H,22,23,24);1H. The molecule has 0 radical (unpaired) electrons. The number of nitro groups is 1. The Hall–Kier alpha value is -3.20. The maximum absolute atomic E-state index is 13.0. The summed E-state index contributed by atoms with van der Waals surface area (Å²) in [5.41, 5.74) is 0.481. The molecule has 1 aliphatic heterocycles. The molecule has 1 aliphatic carbocycles. The normalized spacial score (nSPS) is 16.3. The van der Waals surface area contributed by atoms with Crippen LogP contribution >= 0.6 is 12.4 Å². The molecule has 1 N–H and O–H groups in total. The van der Waals surface area contributed by atoms with E-state index in [-0.39, 0.29) is 35.8 Å². The van der Waals surface area contributed by atoms with Crippen molar-refractivity contribution in [3.05, 3.63) is 56.9 Å². The number of halogens is 1. The van der Waals surface area contributed by atoms with Gasteiger partial charge in [0.15, 0.2) is 5.69 Å². The summed E-state index contributed by atoms with van der Waals surface area (Å²) in [5, 5.41) is 14.8. The zero-order valence-electron chi connectivity index (χ0n) is 15.8. The Morgan fingerprint density at radius 3 is 2.31 bits per heavy atom. The highest BCUT2D eigenvalue weighted by molar-refractivity contribution is 6.21. The van der Waals surface area contributed by atoms with Gasteiger partial charge in [0.1, 0.15) is 5.69 Å². The van der Waals surface area contributed by atoms with Crippen molar-refractivity contribution < 1.29 is 9.72 Å². The van der Waals surface area contributed by atoms with Crippen LogP contribution < -0.4 is 5.32 Å². The van der Waals surface area contributed by atoms with Crippen molar-refractivity contribution >= 4 is 42.3 Å². The molecule has 10 heteroatoms. The van der Waals surface area contributed by atoms with Gasteiger partial charge in [0.25, 0.3) is 0 Å². The molecule has 0 saturated heterocycles. The van der Waals surface area contributed by atoms with Crippen LogP contribution in [-0.2, 0) is 12.8 Å². The average Bonchev–Trinajstić information content (AvgIpc) is 3.26. The van der Waals surface area contributed by atoms with Crippen LogP contribution in [0.4, 0.5) is 11.6 Å². The summed E-state index contributed by atoms with van der Waals surface area (Å²) in [7, 11) is 0. The van der Waals surface area contributed by atoms with Crippen molar-refractivity contribution in [2.24, 2.45) is 9.98 Å². The molecule has 0 fully saturated rings.